The van der Waals surface area contributed by atoms with Crippen molar-refractivity contribution in [3.05, 3.63) is 0 Å². The molecule has 0 bridgehead atoms. The standard InChI is InChI=1S/C11H22N2S.H2/c1-3-4-6-13(2)7-5-10-8-11(14)9-12-10;/h10,12H,3-9H2,1-2H3;1H. The first-order valence-corrected chi connectivity index (χ1v) is 6.06. The summed E-state index contributed by atoms with van der Waals surface area (Å²) < 4.78 is 0. The van der Waals surface area contributed by atoms with E-state index < -0.39 is 0 Å². The Morgan fingerprint density at radius 3 is 2.93 bits per heavy atom. The molecule has 84 valence electrons. The summed E-state index contributed by atoms with van der Waals surface area (Å²) in [6.07, 6.45) is 4.94. The van der Waals surface area contributed by atoms with Crippen molar-refractivity contribution in [3.63, 3.8) is 0 Å². The van der Waals surface area contributed by atoms with E-state index in [9.17, 15) is 0 Å². The molecule has 1 heterocycles. The van der Waals surface area contributed by atoms with Crippen molar-refractivity contribution in [3.8, 4) is 0 Å². The zero-order valence-electron chi connectivity index (χ0n) is 9.38. The predicted molar refractivity (Wildman–Crippen MR) is 68.1 cm³/mol. The third kappa shape index (κ3) is 4.49. The largest absolute Gasteiger partial charge is 0.309 e. The van der Waals surface area contributed by atoms with E-state index in [0.717, 1.165) is 13.0 Å². The van der Waals surface area contributed by atoms with Gasteiger partial charge in [0.1, 0.15) is 0 Å². The number of thiocarbonyl (C=S) groups is 1. The van der Waals surface area contributed by atoms with Crippen LogP contribution in [0.2, 0.25) is 0 Å². The Labute approximate surface area is 94.5 Å². The molecule has 0 aromatic heterocycles. The summed E-state index contributed by atoms with van der Waals surface area (Å²) in [6, 6.07) is 0.645. The van der Waals surface area contributed by atoms with Gasteiger partial charge >= 0.3 is 0 Å². The van der Waals surface area contributed by atoms with Crippen molar-refractivity contribution in [2.75, 3.05) is 26.7 Å². The second kappa shape index (κ2) is 6.49. The van der Waals surface area contributed by atoms with E-state index in [1.807, 2.05) is 0 Å². The van der Waals surface area contributed by atoms with Crippen molar-refractivity contribution in [1.82, 2.24) is 10.2 Å². The second-order valence-electron chi connectivity index (χ2n) is 4.27. The summed E-state index contributed by atoms with van der Waals surface area (Å²) in [5, 5.41) is 3.45. The minimum Gasteiger partial charge on any atom is -0.309 e. The summed E-state index contributed by atoms with van der Waals surface area (Å²) in [4.78, 5) is 3.62. The van der Waals surface area contributed by atoms with Crippen LogP contribution in [0.1, 0.15) is 34.0 Å². The lowest BCUT2D eigenvalue weighted by atomic mass is 10.1. The number of nitrogens with one attached hydrogen (secondary N) is 1. The molecule has 1 atom stereocenters. The lowest BCUT2D eigenvalue weighted by Gasteiger charge is -2.18. The van der Waals surface area contributed by atoms with Gasteiger partial charge in [-0.15, -0.1) is 0 Å². The van der Waals surface area contributed by atoms with Gasteiger partial charge in [0.15, 0.2) is 0 Å². The van der Waals surface area contributed by atoms with E-state index in [2.05, 4.69) is 24.2 Å². The summed E-state index contributed by atoms with van der Waals surface area (Å²) in [5.74, 6) is 0. The molecular formula is C11H24N2S. The average molecular weight is 216 g/mol. The number of hydrogen-bond donors (Lipinski definition) is 1. The Hall–Kier alpha value is 0.01000. The predicted octanol–water partition coefficient (Wildman–Crippen LogP) is 2.09. The van der Waals surface area contributed by atoms with Crippen LogP contribution in [0.25, 0.3) is 0 Å². The minimum absolute atomic E-state index is 0. The summed E-state index contributed by atoms with van der Waals surface area (Å²) in [6.45, 7) is 5.62. The van der Waals surface area contributed by atoms with Crippen LogP contribution in [0, 0.1) is 0 Å². The van der Waals surface area contributed by atoms with E-state index in [0.29, 0.717) is 6.04 Å². The van der Waals surface area contributed by atoms with Crippen LogP contribution in [0.15, 0.2) is 0 Å². The maximum absolute atomic E-state index is 5.17. The van der Waals surface area contributed by atoms with Crippen LogP contribution in [0.3, 0.4) is 0 Å². The Morgan fingerprint density at radius 2 is 2.36 bits per heavy atom. The fourth-order valence-electron chi connectivity index (χ4n) is 1.80. The smallest absolute Gasteiger partial charge is 0.0272 e. The first-order valence-electron chi connectivity index (χ1n) is 5.66. The second-order valence-corrected chi connectivity index (χ2v) is 4.84. The van der Waals surface area contributed by atoms with E-state index in [-0.39, 0.29) is 1.43 Å². The Morgan fingerprint density at radius 1 is 1.57 bits per heavy atom. The van der Waals surface area contributed by atoms with Crippen LogP contribution in [-0.2, 0) is 0 Å². The molecule has 1 unspecified atom stereocenters. The van der Waals surface area contributed by atoms with Gasteiger partial charge in [0.05, 0.1) is 0 Å². The molecule has 1 saturated heterocycles. The zero-order chi connectivity index (χ0) is 10.4. The normalized spacial score (nSPS) is 22.2. The van der Waals surface area contributed by atoms with Crippen LogP contribution >= 0.6 is 12.2 Å². The maximum atomic E-state index is 5.17. The van der Waals surface area contributed by atoms with Crippen molar-refractivity contribution in [1.29, 1.82) is 0 Å². The molecule has 0 amide bonds. The topological polar surface area (TPSA) is 15.3 Å². The molecule has 1 rings (SSSR count). The summed E-state index contributed by atoms with van der Waals surface area (Å²) >= 11 is 5.17. The molecule has 1 aliphatic heterocycles. The molecule has 0 aromatic rings. The van der Waals surface area contributed by atoms with Crippen molar-refractivity contribution in [2.24, 2.45) is 0 Å². The molecule has 0 saturated carbocycles. The van der Waals surface area contributed by atoms with E-state index in [1.54, 1.807) is 0 Å². The van der Waals surface area contributed by atoms with Crippen LogP contribution in [0.4, 0.5) is 0 Å². The molecule has 0 spiro atoms. The quantitative estimate of drug-likeness (QED) is 0.685. The highest BCUT2D eigenvalue weighted by atomic mass is 32.1. The highest BCUT2D eigenvalue weighted by Gasteiger charge is 2.17. The third-order valence-electron chi connectivity index (χ3n) is 2.81. The van der Waals surface area contributed by atoms with Gasteiger partial charge < -0.3 is 10.2 Å². The average Bonchev–Trinajstić information content (AvgIpc) is 2.58. The van der Waals surface area contributed by atoms with Crippen LogP contribution < -0.4 is 5.32 Å². The molecule has 1 fully saturated rings. The molecule has 2 nitrogen and oxygen atoms in total. The molecule has 0 radical (unpaired) electrons. The number of rotatable bonds is 6. The van der Waals surface area contributed by atoms with Gasteiger partial charge in [0, 0.05) is 18.9 Å². The number of unbranched alkanes of at least 4 members (excludes halogenated alkanes) is 1. The van der Waals surface area contributed by atoms with Gasteiger partial charge in [-0.2, -0.15) is 0 Å². The lowest BCUT2D eigenvalue weighted by Crippen LogP contribution is -2.28. The number of nitrogens with zero attached hydrogens (tertiary/aromatic N) is 1. The minimum atomic E-state index is 0. The zero-order valence-corrected chi connectivity index (χ0v) is 10.2. The molecule has 1 N–H and O–H groups in total. The highest BCUT2D eigenvalue weighted by Crippen LogP contribution is 2.08. The van der Waals surface area contributed by atoms with E-state index >= 15 is 0 Å². The lowest BCUT2D eigenvalue weighted by molar-refractivity contribution is 0.308. The van der Waals surface area contributed by atoms with Gasteiger partial charge in [-0.1, -0.05) is 25.6 Å². The fraction of sp³-hybridized carbons (Fsp3) is 0.909. The number of hydrogen-bond acceptors (Lipinski definition) is 3. The first-order chi connectivity index (χ1) is 6.72. The van der Waals surface area contributed by atoms with Gasteiger partial charge in [-0.3, -0.25) is 0 Å². The maximum Gasteiger partial charge on any atom is 0.0272 e. The molecule has 0 aliphatic carbocycles. The van der Waals surface area contributed by atoms with Crippen LogP contribution in [-0.4, -0.2) is 42.5 Å². The Kier molecular flexibility index (Phi) is 5.60. The van der Waals surface area contributed by atoms with Gasteiger partial charge in [-0.05, 0) is 39.4 Å². The van der Waals surface area contributed by atoms with Gasteiger partial charge in [-0.25, -0.2) is 0 Å². The first kappa shape index (κ1) is 12.1. The van der Waals surface area contributed by atoms with Crippen molar-refractivity contribution < 1.29 is 1.43 Å². The van der Waals surface area contributed by atoms with E-state index in [4.69, 9.17) is 12.2 Å². The van der Waals surface area contributed by atoms with E-state index in [1.165, 1.54) is 37.2 Å². The Bertz CT molecular complexity index is 187. The summed E-state index contributed by atoms with van der Waals surface area (Å²) in [5.41, 5.74) is 0. The molecule has 14 heavy (non-hydrogen) atoms. The summed E-state index contributed by atoms with van der Waals surface area (Å²) in [7, 11) is 2.21. The van der Waals surface area contributed by atoms with Crippen LogP contribution in [0.5, 0.6) is 0 Å². The molecule has 3 heteroatoms. The van der Waals surface area contributed by atoms with Crippen molar-refractivity contribution >= 4 is 17.1 Å². The molecule has 1 aliphatic rings. The Balaban J connectivity index is 0.00000196. The van der Waals surface area contributed by atoms with Crippen molar-refractivity contribution in [2.45, 2.75) is 38.6 Å². The molecular weight excluding hydrogens is 192 g/mol. The third-order valence-corrected chi connectivity index (χ3v) is 3.13. The molecule has 0 aromatic carbocycles. The monoisotopic (exact) mass is 216 g/mol. The SMILES string of the molecule is CCCCN(C)CCC1CC(=S)CN1.[HH]. The van der Waals surface area contributed by atoms with Gasteiger partial charge in [0.2, 0.25) is 0 Å². The van der Waals surface area contributed by atoms with Gasteiger partial charge in [0.25, 0.3) is 0 Å². The fourth-order valence-corrected chi connectivity index (χ4v) is 2.08. The highest BCUT2D eigenvalue weighted by molar-refractivity contribution is 7.80.